The van der Waals surface area contributed by atoms with Crippen molar-refractivity contribution in [3.8, 4) is 0 Å². The summed E-state index contributed by atoms with van der Waals surface area (Å²) in [6.07, 6.45) is -0.124. The lowest BCUT2D eigenvalue weighted by molar-refractivity contribution is -0.122. The highest BCUT2D eigenvalue weighted by atomic mass is 19.1. The van der Waals surface area contributed by atoms with Crippen molar-refractivity contribution in [2.45, 2.75) is 25.9 Å². The molecular formula is C25H21FN2O3. The summed E-state index contributed by atoms with van der Waals surface area (Å²) in [6, 6.07) is 20.7. The SMILES string of the molecule is Cc1cccc(C(=O)N(Cc2ccccc2)C2CC(=O)N(c3ccc(F)cc3)C2=O)c1. The third-order valence-electron chi connectivity index (χ3n) is 5.31. The predicted molar refractivity (Wildman–Crippen MR) is 115 cm³/mol. The monoisotopic (exact) mass is 416 g/mol. The minimum atomic E-state index is -0.939. The predicted octanol–water partition coefficient (Wildman–Crippen LogP) is 4.11. The van der Waals surface area contributed by atoms with Crippen LogP contribution in [0, 0.1) is 12.7 Å². The highest BCUT2D eigenvalue weighted by Crippen LogP contribution is 2.28. The Morgan fingerprint density at radius 1 is 1.00 bits per heavy atom. The zero-order chi connectivity index (χ0) is 22.0. The van der Waals surface area contributed by atoms with Crippen molar-refractivity contribution in [1.29, 1.82) is 0 Å². The zero-order valence-electron chi connectivity index (χ0n) is 17.0. The molecule has 0 radical (unpaired) electrons. The molecule has 4 rings (SSSR count). The van der Waals surface area contributed by atoms with Gasteiger partial charge in [-0.05, 0) is 48.9 Å². The summed E-state index contributed by atoms with van der Waals surface area (Å²) in [5.41, 5.74) is 2.52. The van der Waals surface area contributed by atoms with Gasteiger partial charge < -0.3 is 4.90 Å². The Kier molecular flexibility index (Phi) is 5.62. The number of aryl methyl sites for hydroxylation is 1. The highest BCUT2D eigenvalue weighted by molar-refractivity contribution is 6.23. The molecule has 6 heteroatoms. The molecule has 5 nitrogen and oxygen atoms in total. The molecule has 3 amide bonds. The summed E-state index contributed by atoms with van der Waals surface area (Å²) in [6.45, 7) is 2.08. The van der Waals surface area contributed by atoms with Gasteiger partial charge in [-0.3, -0.25) is 14.4 Å². The number of carbonyl (C=O) groups excluding carboxylic acids is 3. The molecule has 156 valence electrons. The van der Waals surface area contributed by atoms with Crippen LogP contribution in [0.3, 0.4) is 0 Å². The summed E-state index contributed by atoms with van der Waals surface area (Å²) < 4.78 is 13.3. The van der Waals surface area contributed by atoms with Crippen LogP contribution in [-0.4, -0.2) is 28.7 Å². The third kappa shape index (κ3) is 4.23. The number of carbonyl (C=O) groups is 3. The molecule has 0 aromatic heterocycles. The molecule has 0 N–H and O–H groups in total. The fourth-order valence-electron chi connectivity index (χ4n) is 3.77. The number of halogens is 1. The van der Waals surface area contributed by atoms with Crippen LogP contribution < -0.4 is 4.90 Å². The van der Waals surface area contributed by atoms with Crippen LogP contribution in [0.4, 0.5) is 10.1 Å². The Labute approximate surface area is 179 Å². The van der Waals surface area contributed by atoms with Crippen LogP contribution >= 0.6 is 0 Å². The van der Waals surface area contributed by atoms with Gasteiger partial charge in [-0.1, -0.05) is 48.0 Å². The topological polar surface area (TPSA) is 57.7 Å². The second-order valence-electron chi connectivity index (χ2n) is 7.55. The smallest absolute Gasteiger partial charge is 0.257 e. The number of hydrogen-bond acceptors (Lipinski definition) is 3. The summed E-state index contributed by atoms with van der Waals surface area (Å²) in [5, 5.41) is 0. The third-order valence-corrected chi connectivity index (χ3v) is 5.31. The van der Waals surface area contributed by atoms with Crippen LogP contribution in [-0.2, 0) is 16.1 Å². The normalized spacial score (nSPS) is 15.9. The molecule has 0 saturated carbocycles. The fourth-order valence-corrected chi connectivity index (χ4v) is 3.77. The molecule has 1 saturated heterocycles. The zero-order valence-corrected chi connectivity index (χ0v) is 17.0. The van der Waals surface area contributed by atoms with Crippen molar-refractivity contribution in [3.63, 3.8) is 0 Å². The van der Waals surface area contributed by atoms with E-state index >= 15 is 0 Å². The number of hydrogen-bond donors (Lipinski definition) is 0. The number of anilines is 1. The van der Waals surface area contributed by atoms with Gasteiger partial charge in [-0.2, -0.15) is 0 Å². The second kappa shape index (κ2) is 8.52. The molecule has 3 aromatic rings. The van der Waals surface area contributed by atoms with Crippen LogP contribution in [0.5, 0.6) is 0 Å². The van der Waals surface area contributed by atoms with E-state index in [0.717, 1.165) is 16.0 Å². The van der Waals surface area contributed by atoms with E-state index in [1.54, 1.807) is 18.2 Å². The van der Waals surface area contributed by atoms with E-state index in [-0.39, 0.29) is 18.9 Å². The first-order valence-corrected chi connectivity index (χ1v) is 9.98. The van der Waals surface area contributed by atoms with Gasteiger partial charge in [0, 0.05) is 12.1 Å². The van der Waals surface area contributed by atoms with Crippen LogP contribution in [0.1, 0.15) is 27.9 Å². The number of nitrogens with zero attached hydrogens (tertiary/aromatic N) is 2. The van der Waals surface area contributed by atoms with Gasteiger partial charge in [-0.15, -0.1) is 0 Å². The average molecular weight is 416 g/mol. The van der Waals surface area contributed by atoms with Gasteiger partial charge in [0.25, 0.3) is 11.8 Å². The van der Waals surface area contributed by atoms with Crippen LogP contribution in [0.25, 0.3) is 0 Å². The summed E-state index contributed by atoms with van der Waals surface area (Å²) in [5.74, 6) is -1.69. The minimum Gasteiger partial charge on any atom is -0.322 e. The van der Waals surface area contributed by atoms with E-state index < -0.39 is 23.7 Å². The largest absolute Gasteiger partial charge is 0.322 e. The lowest BCUT2D eigenvalue weighted by Gasteiger charge is -2.28. The Morgan fingerprint density at radius 3 is 2.39 bits per heavy atom. The Balaban J connectivity index is 1.69. The lowest BCUT2D eigenvalue weighted by atomic mass is 10.1. The number of amides is 3. The second-order valence-corrected chi connectivity index (χ2v) is 7.55. The molecule has 0 aliphatic carbocycles. The van der Waals surface area contributed by atoms with Gasteiger partial charge in [0.15, 0.2) is 0 Å². The van der Waals surface area contributed by atoms with Crippen molar-refractivity contribution >= 4 is 23.4 Å². The Bertz CT molecular complexity index is 1130. The van der Waals surface area contributed by atoms with Crippen LogP contribution in [0.2, 0.25) is 0 Å². The molecule has 0 spiro atoms. The summed E-state index contributed by atoms with van der Waals surface area (Å²) in [4.78, 5) is 41.9. The van der Waals surface area contributed by atoms with Crippen LogP contribution in [0.15, 0.2) is 78.9 Å². The van der Waals surface area contributed by atoms with Crippen molar-refractivity contribution in [2.24, 2.45) is 0 Å². The summed E-state index contributed by atoms with van der Waals surface area (Å²) >= 11 is 0. The van der Waals surface area contributed by atoms with E-state index in [4.69, 9.17) is 0 Å². The van der Waals surface area contributed by atoms with Gasteiger partial charge in [-0.25, -0.2) is 9.29 Å². The van der Waals surface area contributed by atoms with Crippen molar-refractivity contribution in [3.05, 3.63) is 101 Å². The molecule has 0 bridgehead atoms. The highest BCUT2D eigenvalue weighted by Gasteiger charge is 2.44. The van der Waals surface area contributed by atoms with E-state index in [2.05, 4.69) is 0 Å². The quantitative estimate of drug-likeness (QED) is 0.588. The molecule has 1 fully saturated rings. The van der Waals surface area contributed by atoms with E-state index in [0.29, 0.717) is 11.3 Å². The first kappa shape index (κ1) is 20.5. The minimum absolute atomic E-state index is 0.124. The molecule has 1 unspecified atom stereocenters. The number of imide groups is 1. The Morgan fingerprint density at radius 2 is 1.71 bits per heavy atom. The van der Waals surface area contributed by atoms with Gasteiger partial charge >= 0.3 is 0 Å². The van der Waals surface area contributed by atoms with Gasteiger partial charge in [0.05, 0.1) is 12.1 Å². The molecule has 1 heterocycles. The van der Waals surface area contributed by atoms with E-state index in [1.165, 1.54) is 29.2 Å². The lowest BCUT2D eigenvalue weighted by Crippen LogP contribution is -2.45. The van der Waals surface area contributed by atoms with Gasteiger partial charge in [0.2, 0.25) is 5.91 Å². The maximum atomic E-state index is 13.4. The first-order chi connectivity index (χ1) is 14.9. The average Bonchev–Trinajstić information content (AvgIpc) is 3.06. The van der Waals surface area contributed by atoms with Crippen molar-refractivity contribution < 1.29 is 18.8 Å². The van der Waals surface area contributed by atoms with Crippen molar-refractivity contribution in [1.82, 2.24) is 4.90 Å². The fraction of sp³-hybridized carbons (Fsp3) is 0.160. The number of rotatable bonds is 5. The summed E-state index contributed by atoms with van der Waals surface area (Å²) in [7, 11) is 0. The number of benzene rings is 3. The molecule has 3 aromatic carbocycles. The maximum absolute atomic E-state index is 13.4. The standard InChI is InChI=1S/C25H21FN2O3/c1-17-6-5-9-19(14-17)24(30)27(16-18-7-3-2-4-8-18)22-15-23(29)28(25(22)31)21-12-10-20(26)11-13-21/h2-14,22H,15-16H2,1H3. The maximum Gasteiger partial charge on any atom is 0.257 e. The van der Waals surface area contributed by atoms with Crippen molar-refractivity contribution in [2.75, 3.05) is 4.90 Å². The molecule has 1 aliphatic rings. The van der Waals surface area contributed by atoms with E-state index in [9.17, 15) is 18.8 Å². The first-order valence-electron chi connectivity index (χ1n) is 9.98. The van der Waals surface area contributed by atoms with E-state index in [1.807, 2.05) is 43.3 Å². The molecule has 31 heavy (non-hydrogen) atoms. The molecular weight excluding hydrogens is 395 g/mol. The molecule has 1 atom stereocenters. The van der Waals surface area contributed by atoms with Gasteiger partial charge in [0.1, 0.15) is 11.9 Å². The Hall–Kier alpha value is -3.80. The molecule has 1 aliphatic heterocycles.